The summed E-state index contributed by atoms with van der Waals surface area (Å²) < 4.78 is 0. The van der Waals surface area contributed by atoms with Gasteiger partial charge in [-0.05, 0) is 24.3 Å². The summed E-state index contributed by atoms with van der Waals surface area (Å²) in [6.45, 7) is 3.10. The van der Waals surface area contributed by atoms with Crippen LogP contribution in [0, 0.1) is 0 Å². The Hall–Kier alpha value is -3.26. The Labute approximate surface area is 151 Å². The Balaban J connectivity index is 0.000000662. The number of benzene rings is 2. The smallest absolute Gasteiger partial charge is 0.300 e. The lowest BCUT2D eigenvalue weighted by Crippen LogP contribution is -2.24. The van der Waals surface area contributed by atoms with Crippen LogP contribution in [0.25, 0.3) is 0 Å². The molecule has 0 aliphatic carbocycles. The molecule has 0 saturated carbocycles. The van der Waals surface area contributed by atoms with Crippen LogP contribution in [0.3, 0.4) is 0 Å². The predicted octanol–water partition coefficient (Wildman–Crippen LogP) is 2.38. The number of carbonyl (C=O) groups is 2. The molecule has 26 heavy (non-hydrogen) atoms. The van der Waals surface area contributed by atoms with E-state index in [4.69, 9.17) is 25.5 Å². The Morgan fingerprint density at radius 3 is 1.42 bits per heavy atom. The fourth-order valence-corrected chi connectivity index (χ4v) is 1.88. The maximum absolute atomic E-state index is 9.90. The van der Waals surface area contributed by atoms with Crippen molar-refractivity contribution in [1.29, 1.82) is 0 Å². The highest BCUT2D eigenvalue weighted by molar-refractivity contribution is 5.72. The molecule has 0 saturated heterocycles. The molecule has 0 aliphatic rings. The van der Waals surface area contributed by atoms with Crippen LogP contribution in [0.4, 0.5) is 11.4 Å². The zero-order valence-corrected chi connectivity index (χ0v) is 14.7. The van der Waals surface area contributed by atoms with Gasteiger partial charge in [-0.2, -0.15) is 0 Å². The van der Waals surface area contributed by atoms with Gasteiger partial charge in [0.05, 0.1) is 11.4 Å². The first-order valence-corrected chi connectivity index (χ1v) is 7.63. The molecule has 0 bridgehead atoms. The first-order valence-electron chi connectivity index (χ1n) is 7.63. The van der Waals surface area contributed by atoms with Gasteiger partial charge >= 0.3 is 0 Å². The highest BCUT2D eigenvalue weighted by atomic mass is 16.4. The number of anilines is 2. The van der Waals surface area contributed by atoms with Crippen LogP contribution in [0.15, 0.2) is 48.5 Å². The molecule has 8 heteroatoms. The van der Waals surface area contributed by atoms with Gasteiger partial charge in [-0.15, -0.1) is 0 Å². The number of aliphatic carboxylic acids is 2. The zero-order chi connectivity index (χ0) is 20.1. The number of phenolic OH excluding ortho intramolecular Hbond substituents is 2. The molecule has 2 aromatic rings. The molecule has 2 rings (SSSR count). The van der Waals surface area contributed by atoms with Gasteiger partial charge in [-0.25, -0.2) is 0 Å². The maximum Gasteiger partial charge on any atom is 0.300 e. The lowest BCUT2D eigenvalue weighted by Gasteiger charge is -2.25. The van der Waals surface area contributed by atoms with Crippen molar-refractivity contribution in [2.75, 3.05) is 18.0 Å². The van der Waals surface area contributed by atoms with Crippen LogP contribution in [-0.2, 0) is 9.59 Å². The number of hydrogen-bond acceptors (Lipinski definition) is 6. The second kappa shape index (κ2) is 12.2. The third-order valence-electron chi connectivity index (χ3n) is 2.70. The molecule has 0 heterocycles. The van der Waals surface area contributed by atoms with Crippen molar-refractivity contribution in [3.8, 4) is 11.5 Å². The fraction of sp³-hybridized carbons (Fsp3) is 0.222. The summed E-state index contributed by atoms with van der Waals surface area (Å²) in [7, 11) is 0. The normalized spacial score (nSPS) is 9.04. The van der Waals surface area contributed by atoms with Crippen molar-refractivity contribution in [2.24, 2.45) is 5.73 Å². The standard InChI is InChI=1S/C14H16N2O2.2C2H4O2/c15-9-10-16(11-5-1-3-7-13(11)17)12-6-2-4-8-14(12)18;2*1-2(3)4/h1-8,17-18H,9-10,15H2;2*1H3,(H,3,4). The minimum Gasteiger partial charge on any atom is -0.506 e. The van der Waals surface area contributed by atoms with Gasteiger partial charge in [0.1, 0.15) is 11.5 Å². The molecule has 0 radical (unpaired) electrons. The van der Waals surface area contributed by atoms with Crippen LogP contribution in [0.5, 0.6) is 11.5 Å². The Morgan fingerprint density at radius 2 is 1.15 bits per heavy atom. The first-order chi connectivity index (χ1) is 12.2. The summed E-state index contributed by atoms with van der Waals surface area (Å²) in [5.41, 5.74) is 6.86. The second-order valence-corrected chi connectivity index (χ2v) is 4.96. The first kappa shape index (κ1) is 22.7. The fourth-order valence-electron chi connectivity index (χ4n) is 1.88. The summed E-state index contributed by atoms with van der Waals surface area (Å²) in [4.78, 5) is 19.8. The van der Waals surface area contributed by atoms with Crippen LogP contribution < -0.4 is 10.6 Å². The van der Waals surface area contributed by atoms with E-state index in [0.29, 0.717) is 24.5 Å². The Kier molecular flexibility index (Phi) is 10.6. The average Bonchev–Trinajstić information content (AvgIpc) is 2.53. The largest absolute Gasteiger partial charge is 0.506 e. The third kappa shape index (κ3) is 9.14. The molecule has 2 aromatic carbocycles. The van der Waals surface area contributed by atoms with Crippen molar-refractivity contribution >= 4 is 23.3 Å². The van der Waals surface area contributed by atoms with E-state index >= 15 is 0 Å². The van der Waals surface area contributed by atoms with E-state index in [1.54, 1.807) is 41.3 Å². The topological polar surface area (TPSA) is 144 Å². The van der Waals surface area contributed by atoms with E-state index in [-0.39, 0.29) is 11.5 Å². The van der Waals surface area contributed by atoms with Gasteiger partial charge in [0, 0.05) is 26.9 Å². The summed E-state index contributed by atoms with van der Waals surface area (Å²) >= 11 is 0. The van der Waals surface area contributed by atoms with Gasteiger partial charge in [0.2, 0.25) is 0 Å². The van der Waals surface area contributed by atoms with Gasteiger partial charge in [0.25, 0.3) is 11.9 Å². The van der Waals surface area contributed by atoms with Crippen molar-refractivity contribution in [3.63, 3.8) is 0 Å². The lowest BCUT2D eigenvalue weighted by molar-refractivity contribution is -0.135. The van der Waals surface area contributed by atoms with Gasteiger partial charge in [-0.3, -0.25) is 9.59 Å². The van der Waals surface area contributed by atoms with Crippen molar-refractivity contribution < 1.29 is 30.0 Å². The number of nitrogens with two attached hydrogens (primary N) is 1. The van der Waals surface area contributed by atoms with E-state index in [9.17, 15) is 10.2 Å². The molecule has 0 aromatic heterocycles. The molecule has 0 fully saturated rings. The van der Waals surface area contributed by atoms with E-state index in [0.717, 1.165) is 13.8 Å². The summed E-state index contributed by atoms with van der Waals surface area (Å²) in [6.07, 6.45) is 0. The zero-order valence-electron chi connectivity index (χ0n) is 14.7. The average molecular weight is 364 g/mol. The van der Waals surface area contributed by atoms with E-state index in [1.807, 2.05) is 12.1 Å². The minimum absolute atomic E-state index is 0.161. The molecular weight excluding hydrogens is 340 g/mol. The van der Waals surface area contributed by atoms with Crippen molar-refractivity contribution in [2.45, 2.75) is 13.8 Å². The van der Waals surface area contributed by atoms with Crippen LogP contribution in [-0.4, -0.2) is 45.5 Å². The highest BCUT2D eigenvalue weighted by Crippen LogP contribution is 2.36. The quantitative estimate of drug-likeness (QED) is 0.556. The maximum atomic E-state index is 9.90. The number of para-hydroxylation sites is 4. The molecule has 8 nitrogen and oxygen atoms in total. The predicted molar refractivity (Wildman–Crippen MR) is 98.9 cm³/mol. The summed E-state index contributed by atoms with van der Waals surface area (Å²) in [5.74, 6) is -1.34. The molecule has 142 valence electrons. The molecule has 0 aliphatic heterocycles. The van der Waals surface area contributed by atoms with E-state index in [2.05, 4.69) is 0 Å². The monoisotopic (exact) mass is 364 g/mol. The van der Waals surface area contributed by atoms with Gasteiger partial charge < -0.3 is 31.1 Å². The SMILES string of the molecule is CC(=O)O.CC(=O)O.NCCN(c1ccccc1O)c1ccccc1O. The number of phenols is 2. The van der Waals surface area contributed by atoms with Crippen LogP contribution in [0.2, 0.25) is 0 Å². The molecule has 0 amide bonds. The molecule has 0 spiro atoms. The summed E-state index contributed by atoms with van der Waals surface area (Å²) in [5, 5.41) is 34.6. The molecular formula is C18H24N2O6. The Bertz CT molecular complexity index is 640. The number of nitrogens with zero attached hydrogens (tertiary/aromatic N) is 1. The molecule has 0 unspecified atom stereocenters. The number of carboxylic acids is 2. The van der Waals surface area contributed by atoms with Gasteiger partial charge in [-0.1, -0.05) is 24.3 Å². The van der Waals surface area contributed by atoms with E-state index in [1.165, 1.54) is 0 Å². The lowest BCUT2D eigenvalue weighted by atomic mass is 10.2. The van der Waals surface area contributed by atoms with Crippen molar-refractivity contribution in [1.82, 2.24) is 0 Å². The van der Waals surface area contributed by atoms with Crippen LogP contribution in [0.1, 0.15) is 13.8 Å². The number of rotatable bonds is 4. The summed E-state index contributed by atoms with van der Waals surface area (Å²) in [6, 6.07) is 14.0. The van der Waals surface area contributed by atoms with E-state index < -0.39 is 11.9 Å². The number of carboxylic acid groups (broad SMARTS) is 2. The number of aromatic hydroxyl groups is 2. The highest BCUT2D eigenvalue weighted by Gasteiger charge is 2.14. The number of hydrogen-bond donors (Lipinski definition) is 5. The minimum atomic E-state index is -0.833. The second-order valence-electron chi connectivity index (χ2n) is 4.96. The molecule has 0 atom stereocenters. The van der Waals surface area contributed by atoms with Crippen LogP contribution >= 0.6 is 0 Å². The Morgan fingerprint density at radius 1 is 0.846 bits per heavy atom. The van der Waals surface area contributed by atoms with Gasteiger partial charge in [0.15, 0.2) is 0 Å². The molecule has 6 N–H and O–H groups in total. The van der Waals surface area contributed by atoms with Crippen molar-refractivity contribution in [3.05, 3.63) is 48.5 Å². The third-order valence-corrected chi connectivity index (χ3v) is 2.70.